The number of likely N-dealkylation sites (tertiary alicyclic amines) is 1. The van der Waals surface area contributed by atoms with Crippen LogP contribution in [0.15, 0.2) is 59.4 Å². The molecule has 0 aliphatic carbocycles. The average molecular weight is 518 g/mol. The molecule has 1 amide bonds. The quantitative estimate of drug-likeness (QED) is 0.332. The van der Waals surface area contributed by atoms with Gasteiger partial charge in [0.1, 0.15) is 0 Å². The molecule has 0 radical (unpaired) electrons. The fourth-order valence-electron chi connectivity index (χ4n) is 5.10. The predicted molar refractivity (Wildman–Crippen MR) is 148 cm³/mol. The second-order valence-corrected chi connectivity index (χ2v) is 10.4. The van der Waals surface area contributed by atoms with Crippen molar-refractivity contribution < 1.29 is 14.3 Å². The van der Waals surface area contributed by atoms with Crippen molar-refractivity contribution in [3.63, 3.8) is 0 Å². The van der Waals surface area contributed by atoms with Crippen LogP contribution in [-0.2, 0) is 17.9 Å². The van der Waals surface area contributed by atoms with Crippen LogP contribution in [0.5, 0.6) is 0 Å². The lowest BCUT2D eigenvalue weighted by molar-refractivity contribution is 0.0944. The first-order valence-electron chi connectivity index (χ1n) is 12.7. The molecule has 4 aromatic rings. The number of benzene rings is 2. The highest BCUT2D eigenvalue weighted by Crippen LogP contribution is 2.35. The Morgan fingerprint density at radius 3 is 2.49 bits per heavy atom. The molecule has 2 aromatic heterocycles. The summed E-state index contributed by atoms with van der Waals surface area (Å²) in [6.07, 6.45) is 3.68. The van der Waals surface area contributed by atoms with Crippen LogP contribution < -0.4 is 10.9 Å². The van der Waals surface area contributed by atoms with E-state index in [4.69, 9.17) is 4.74 Å². The average Bonchev–Trinajstić information content (AvgIpc) is 3.32. The minimum absolute atomic E-state index is 0.0844. The van der Waals surface area contributed by atoms with E-state index in [-0.39, 0.29) is 30.4 Å². The Kier molecular flexibility index (Phi) is 7.79. The zero-order valence-corrected chi connectivity index (χ0v) is 21.8. The summed E-state index contributed by atoms with van der Waals surface area (Å²) in [4.78, 5) is 43.1. The molecule has 0 atom stereocenters. The normalized spacial score (nSPS) is 14.3. The number of pyridine rings is 1. The van der Waals surface area contributed by atoms with Crippen LogP contribution in [0.4, 0.5) is 0 Å². The summed E-state index contributed by atoms with van der Waals surface area (Å²) >= 11 is 1.32. The Balaban J connectivity index is 1.54. The number of carbonyl (C=O) groups excluding carboxylic acids is 2. The maximum absolute atomic E-state index is 13.9. The van der Waals surface area contributed by atoms with E-state index in [1.807, 2.05) is 42.5 Å². The lowest BCUT2D eigenvalue weighted by atomic mass is 10.1. The SMILES string of the molecule is COCc1c(C(=O)NCCN2CCCCC2)sc2c1c(=O)n(CC(=O)c1ccccc1)c1ccccc21. The molecule has 192 valence electrons. The van der Waals surface area contributed by atoms with E-state index >= 15 is 0 Å². The maximum Gasteiger partial charge on any atom is 0.261 e. The molecule has 37 heavy (non-hydrogen) atoms. The fourth-order valence-corrected chi connectivity index (χ4v) is 6.35. The van der Waals surface area contributed by atoms with Crippen molar-refractivity contribution in [3.05, 3.63) is 81.0 Å². The van der Waals surface area contributed by atoms with Crippen molar-refractivity contribution >= 4 is 44.0 Å². The lowest BCUT2D eigenvalue weighted by Crippen LogP contribution is -2.37. The van der Waals surface area contributed by atoms with Gasteiger partial charge in [-0.2, -0.15) is 0 Å². The van der Waals surface area contributed by atoms with Crippen molar-refractivity contribution in [2.75, 3.05) is 33.3 Å². The van der Waals surface area contributed by atoms with Crippen LogP contribution in [0.3, 0.4) is 0 Å². The summed E-state index contributed by atoms with van der Waals surface area (Å²) < 4.78 is 7.72. The number of nitrogens with zero attached hydrogens (tertiary/aromatic N) is 2. The third-order valence-corrected chi connectivity index (χ3v) is 8.22. The standard InChI is InChI=1S/C29H31N3O4S/c1-36-19-22-25-26(37-27(22)28(34)30-14-17-31-15-8-3-9-16-31)21-12-6-7-13-23(21)32(29(25)35)18-24(33)20-10-4-2-5-11-20/h2,4-7,10-13H,3,8-9,14-19H2,1H3,(H,30,34). The molecule has 7 nitrogen and oxygen atoms in total. The Labute approximate surface area is 219 Å². The van der Waals surface area contributed by atoms with E-state index in [2.05, 4.69) is 10.2 Å². The van der Waals surface area contributed by atoms with E-state index in [0.29, 0.717) is 33.5 Å². The number of hydrogen-bond donors (Lipinski definition) is 1. The van der Waals surface area contributed by atoms with E-state index in [1.165, 1.54) is 35.2 Å². The number of ketones is 1. The van der Waals surface area contributed by atoms with Crippen LogP contribution >= 0.6 is 11.3 Å². The van der Waals surface area contributed by atoms with E-state index < -0.39 is 0 Å². The van der Waals surface area contributed by atoms with Crippen LogP contribution in [0.1, 0.15) is 44.9 Å². The van der Waals surface area contributed by atoms with Gasteiger partial charge in [-0.05, 0) is 32.0 Å². The van der Waals surface area contributed by atoms with Crippen LogP contribution in [-0.4, -0.2) is 54.4 Å². The molecule has 1 saturated heterocycles. The molecular formula is C29H31N3O4S. The number of Topliss-reactive ketones (excluding diaryl/α,β-unsaturated/α-hetero) is 1. The number of thiophene rings is 1. The molecule has 1 aliphatic rings. The number of nitrogens with one attached hydrogen (secondary N) is 1. The number of para-hydroxylation sites is 1. The first kappa shape index (κ1) is 25.3. The molecule has 0 spiro atoms. The van der Waals surface area contributed by atoms with Gasteiger partial charge < -0.3 is 15.0 Å². The molecule has 1 aliphatic heterocycles. The predicted octanol–water partition coefficient (Wildman–Crippen LogP) is 4.46. The van der Waals surface area contributed by atoms with Gasteiger partial charge >= 0.3 is 0 Å². The second-order valence-electron chi connectivity index (χ2n) is 9.40. The van der Waals surface area contributed by atoms with E-state index in [9.17, 15) is 14.4 Å². The first-order valence-corrected chi connectivity index (χ1v) is 13.5. The number of ether oxygens (including phenoxy) is 1. The summed E-state index contributed by atoms with van der Waals surface area (Å²) in [5, 5.41) is 4.35. The summed E-state index contributed by atoms with van der Waals surface area (Å²) in [7, 11) is 1.56. The van der Waals surface area contributed by atoms with Gasteiger partial charge in [-0.1, -0.05) is 55.0 Å². The Bertz CT molecular complexity index is 1490. The number of methoxy groups -OCH3 is 1. The van der Waals surface area contributed by atoms with Gasteiger partial charge in [0.2, 0.25) is 0 Å². The summed E-state index contributed by atoms with van der Waals surface area (Å²) in [6, 6.07) is 16.5. The zero-order chi connectivity index (χ0) is 25.8. The Hall–Kier alpha value is -3.33. The van der Waals surface area contributed by atoms with Crippen LogP contribution in [0.2, 0.25) is 0 Å². The highest BCUT2D eigenvalue weighted by Gasteiger charge is 2.24. The Morgan fingerprint density at radius 2 is 1.73 bits per heavy atom. The third kappa shape index (κ3) is 5.23. The van der Waals surface area contributed by atoms with Crippen LogP contribution in [0.25, 0.3) is 21.0 Å². The minimum atomic E-state index is -0.284. The van der Waals surface area contributed by atoms with Gasteiger partial charge in [0.15, 0.2) is 5.78 Å². The van der Waals surface area contributed by atoms with Gasteiger partial charge in [-0.15, -0.1) is 11.3 Å². The van der Waals surface area contributed by atoms with Gasteiger partial charge in [-0.3, -0.25) is 19.0 Å². The van der Waals surface area contributed by atoms with Crippen molar-refractivity contribution in [3.8, 4) is 0 Å². The van der Waals surface area contributed by atoms with E-state index in [0.717, 1.165) is 29.7 Å². The fraction of sp³-hybridized carbons (Fsp3) is 0.345. The highest BCUT2D eigenvalue weighted by atomic mass is 32.1. The van der Waals surface area contributed by atoms with Gasteiger partial charge in [-0.25, -0.2) is 0 Å². The monoisotopic (exact) mass is 517 g/mol. The number of hydrogen-bond acceptors (Lipinski definition) is 6. The molecular weight excluding hydrogens is 486 g/mol. The number of amides is 1. The maximum atomic E-state index is 13.9. The molecule has 0 bridgehead atoms. The minimum Gasteiger partial charge on any atom is -0.380 e. The number of fused-ring (bicyclic) bond motifs is 3. The molecule has 3 heterocycles. The molecule has 1 N–H and O–H groups in total. The number of carbonyl (C=O) groups is 2. The van der Waals surface area contributed by atoms with Crippen molar-refractivity contribution in [1.82, 2.24) is 14.8 Å². The summed E-state index contributed by atoms with van der Waals surface area (Å²) in [5.41, 5.74) is 1.52. The van der Waals surface area contributed by atoms with Crippen molar-refractivity contribution in [2.45, 2.75) is 32.4 Å². The van der Waals surface area contributed by atoms with Crippen molar-refractivity contribution in [2.24, 2.45) is 0 Å². The molecule has 0 unspecified atom stereocenters. The largest absolute Gasteiger partial charge is 0.380 e. The first-order chi connectivity index (χ1) is 18.1. The molecule has 5 rings (SSSR count). The topological polar surface area (TPSA) is 80.6 Å². The second kappa shape index (κ2) is 11.4. The molecule has 2 aromatic carbocycles. The molecule has 0 saturated carbocycles. The van der Waals surface area contributed by atoms with Gasteiger partial charge in [0.05, 0.1) is 33.6 Å². The van der Waals surface area contributed by atoms with Crippen LogP contribution in [0, 0.1) is 0 Å². The smallest absolute Gasteiger partial charge is 0.261 e. The van der Waals surface area contributed by atoms with Crippen molar-refractivity contribution in [1.29, 1.82) is 0 Å². The lowest BCUT2D eigenvalue weighted by Gasteiger charge is -2.26. The van der Waals surface area contributed by atoms with E-state index in [1.54, 1.807) is 19.2 Å². The zero-order valence-electron chi connectivity index (χ0n) is 21.0. The number of rotatable bonds is 9. The summed E-state index contributed by atoms with van der Waals surface area (Å²) in [6.45, 7) is 3.56. The third-order valence-electron chi connectivity index (χ3n) is 6.96. The van der Waals surface area contributed by atoms with Gasteiger partial charge in [0, 0.05) is 36.7 Å². The molecule has 8 heteroatoms. The summed E-state index contributed by atoms with van der Waals surface area (Å²) in [5.74, 6) is -0.341. The number of aromatic nitrogens is 1. The highest BCUT2D eigenvalue weighted by molar-refractivity contribution is 7.22. The van der Waals surface area contributed by atoms with Gasteiger partial charge in [0.25, 0.3) is 11.5 Å². The number of piperidine rings is 1. The molecule has 1 fully saturated rings. The Morgan fingerprint density at radius 1 is 1.00 bits per heavy atom.